The number of nitrogens with one attached hydrogen (secondary N) is 3. The molecule has 0 spiro atoms. The van der Waals surface area contributed by atoms with Gasteiger partial charge < -0.3 is 10.6 Å². The number of carbonyl (C=O) groups excluding carboxylic acids is 2. The lowest BCUT2D eigenvalue weighted by Crippen LogP contribution is -2.39. The highest BCUT2D eigenvalue weighted by Gasteiger charge is 2.24. The van der Waals surface area contributed by atoms with Crippen LogP contribution in [0.2, 0.25) is 0 Å². The third-order valence-electron chi connectivity index (χ3n) is 6.65. The molecule has 2 aliphatic carbocycles. The highest BCUT2D eigenvalue weighted by atomic mass is 32.2. The summed E-state index contributed by atoms with van der Waals surface area (Å²) in [6.07, 6.45) is 12.3. The molecule has 1 fully saturated rings. The maximum Gasteiger partial charge on any atom is 0.333 e. The Kier molecular flexibility index (Phi) is 8.73. The lowest BCUT2D eigenvalue weighted by atomic mass is 10.0. The number of allylic oxidation sites excluding steroid dienone is 4. The van der Waals surface area contributed by atoms with Crippen molar-refractivity contribution in [3.8, 4) is 0 Å². The summed E-state index contributed by atoms with van der Waals surface area (Å²) >= 11 is 0. The Morgan fingerprint density at radius 2 is 1.79 bits per heavy atom. The Morgan fingerprint density at radius 3 is 2.53 bits per heavy atom. The third-order valence-corrected chi connectivity index (χ3v) is 8.00. The molecule has 2 aliphatic rings. The van der Waals surface area contributed by atoms with Gasteiger partial charge in [0.2, 0.25) is 0 Å². The average Bonchev–Trinajstić information content (AvgIpc) is 3.36. The normalized spacial score (nSPS) is 19.3. The van der Waals surface area contributed by atoms with E-state index < -0.39 is 16.1 Å². The van der Waals surface area contributed by atoms with Crippen molar-refractivity contribution in [1.82, 2.24) is 25.3 Å². The fourth-order valence-electron chi connectivity index (χ4n) is 4.62. The Morgan fingerprint density at radius 1 is 1.00 bits per heavy atom. The van der Waals surface area contributed by atoms with Gasteiger partial charge in [-0.05, 0) is 92.7 Å². The first-order valence-electron chi connectivity index (χ1n) is 12.8. The van der Waals surface area contributed by atoms with E-state index in [1.165, 1.54) is 30.1 Å². The van der Waals surface area contributed by atoms with Gasteiger partial charge >= 0.3 is 6.03 Å². The molecule has 4 rings (SSSR count). The number of hydrogen-bond acceptors (Lipinski definition) is 6. The van der Waals surface area contributed by atoms with E-state index in [4.69, 9.17) is 0 Å². The van der Waals surface area contributed by atoms with E-state index in [0.717, 1.165) is 67.3 Å². The molecule has 0 unspecified atom stereocenters. The van der Waals surface area contributed by atoms with E-state index in [1.54, 1.807) is 19.1 Å². The lowest BCUT2D eigenvalue weighted by Gasteiger charge is -2.17. The lowest BCUT2D eigenvalue weighted by molar-refractivity contribution is 0.0948. The number of aryl methyl sites for hydroxylation is 1. The molecule has 0 saturated heterocycles. The second-order valence-electron chi connectivity index (χ2n) is 9.54. The number of urea groups is 1. The molecule has 1 aromatic carbocycles. The molecule has 3 N–H and O–H groups in total. The summed E-state index contributed by atoms with van der Waals surface area (Å²) < 4.78 is 27.9. The fourth-order valence-corrected chi connectivity index (χ4v) is 5.52. The second kappa shape index (κ2) is 12.2. The number of aromatic nitrogens is 2. The molecule has 1 aromatic heterocycles. The van der Waals surface area contributed by atoms with E-state index >= 15 is 0 Å². The van der Waals surface area contributed by atoms with Gasteiger partial charge in [0.05, 0.1) is 16.8 Å². The van der Waals surface area contributed by atoms with E-state index in [0.29, 0.717) is 18.7 Å². The van der Waals surface area contributed by atoms with Crippen LogP contribution in [-0.4, -0.2) is 36.9 Å². The minimum atomic E-state index is -4.08. The van der Waals surface area contributed by atoms with Crippen molar-refractivity contribution >= 4 is 22.0 Å². The molecule has 38 heavy (non-hydrogen) atoms. The zero-order valence-electron chi connectivity index (χ0n) is 21.5. The van der Waals surface area contributed by atoms with E-state index in [-0.39, 0.29) is 16.5 Å². The summed E-state index contributed by atoms with van der Waals surface area (Å²) in [7, 11) is -4.08. The molecule has 0 radical (unpaired) electrons. The standard InChI is InChI=1S/C28H33N5O4S/c1-19-7-4-3-5-8-22-9-6-10-24(22)26(19)32-28(35)33-38(36,37)23-13-11-21(12-14-23)15-16-29-27(34)25-18-30-20(2)17-31-25/h8,11-14,17-18H,1,3-7,9-10,15-16H2,2H3,(H,29,34)(H2,32,33,35)/b22-8-,26-24+. The number of hydrogen-bond donors (Lipinski definition) is 3. The van der Waals surface area contributed by atoms with E-state index in [1.807, 2.05) is 0 Å². The minimum Gasteiger partial charge on any atom is -0.350 e. The van der Waals surface area contributed by atoms with Crippen molar-refractivity contribution in [2.45, 2.75) is 63.2 Å². The average molecular weight is 536 g/mol. The molecule has 0 bridgehead atoms. The smallest absolute Gasteiger partial charge is 0.333 e. The van der Waals surface area contributed by atoms with Crippen LogP contribution in [0, 0.1) is 6.92 Å². The number of fused-ring (bicyclic) bond motifs is 1. The van der Waals surface area contributed by atoms with Crippen molar-refractivity contribution in [1.29, 1.82) is 0 Å². The third kappa shape index (κ3) is 6.95. The van der Waals surface area contributed by atoms with Gasteiger partial charge in [0.25, 0.3) is 15.9 Å². The SMILES string of the molecule is C=C1CCCC/C=C2/CCC/C2=C/1NC(=O)NS(=O)(=O)c1ccc(CCNC(=O)c2cnc(C)cn2)cc1. The summed E-state index contributed by atoms with van der Waals surface area (Å²) in [6.45, 7) is 6.30. The van der Waals surface area contributed by atoms with Gasteiger partial charge in [-0.3, -0.25) is 9.78 Å². The van der Waals surface area contributed by atoms with Gasteiger partial charge in [0.15, 0.2) is 0 Å². The maximum atomic E-state index is 12.9. The quantitative estimate of drug-likeness (QED) is 0.486. The van der Waals surface area contributed by atoms with Crippen LogP contribution in [0.1, 0.15) is 66.7 Å². The predicted molar refractivity (Wildman–Crippen MR) is 145 cm³/mol. The molecule has 1 heterocycles. The summed E-state index contributed by atoms with van der Waals surface area (Å²) in [6, 6.07) is 5.40. The number of rotatable bonds is 7. The number of amides is 3. The number of nitrogens with zero attached hydrogens (tertiary/aromatic N) is 2. The summed E-state index contributed by atoms with van der Waals surface area (Å²) in [5.41, 5.74) is 5.56. The van der Waals surface area contributed by atoms with Crippen LogP contribution in [-0.2, 0) is 16.4 Å². The predicted octanol–water partition coefficient (Wildman–Crippen LogP) is 4.24. The van der Waals surface area contributed by atoms with Crippen LogP contribution >= 0.6 is 0 Å². The maximum absolute atomic E-state index is 12.9. The first kappa shape index (κ1) is 27.3. The van der Waals surface area contributed by atoms with Gasteiger partial charge in [-0.1, -0.05) is 24.8 Å². The number of carbonyl (C=O) groups is 2. The Hall–Kier alpha value is -3.79. The highest BCUT2D eigenvalue weighted by Crippen LogP contribution is 2.36. The largest absolute Gasteiger partial charge is 0.350 e. The molecular weight excluding hydrogens is 502 g/mol. The first-order valence-corrected chi connectivity index (χ1v) is 14.3. The minimum absolute atomic E-state index is 0.0252. The molecule has 10 heteroatoms. The topological polar surface area (TPSA) is 130 Å². The molecule has 200 valence electrons. The Labute approximate surface area is 223 Å². The Bertz CT molecular complexity index is 1380. The molecular formula is C28H33N5O4S. The van der Waals surface area contributed by atoms with Crippen LogP contribution in [0.25, 0.3) is 0 Å². The number of sulfonamides is 1. The van der Waals surface area contributed by atoms with Crippen molar-refractivity contribution in [2.24, 2.45) is 0 Å². The van der Waals surface area contributed by atoms with Crippen molar-refractivity contribution in [3.63, 3.8) is 0 Å². The first-order chi connectivity index (χ1) is 18.2. The molecule has 1 saturated carbocycles. The number of benzene rings is 1. The molecule has 3 amide bonds. The van der Waals surface area contributed by atoms with Crippen molar-refractivity contribution in [3.05, 3.63) is 88.7 Å². The van der Waals surface area contributed by atoms with Crippen LogP contribution in [0.3, 0.4) is 0 Å². The van der Waals surface area contributed by atoms with Gasteiger partial charge in [0, 0.05) is 18.4 Å². The van der Waals surface area contributed by atoms with Gasteiger partial charge in [-0.15, -0.1) is 0 Å². The second-order valence-corrected chi connectivity index (χ2v) is 11.2. The zero-order chi connectivity index (χ0) is 27.1. The van der Waals surface area contributed by atoms with Crippen LogP contribution in [0.4, 0.5) is 4.79 Å². The highest BCUT2D eigenvalue weighted by molar-refractivity contribution is 7.90. The van der Waals surface area contributed by atoms with E-state index in [9.17, 15) is 18.0 Å². The summed E-state index contributed by atoms with van der Waals surface area (Å²) in [5, 5.41) is 5.56. The summed E-state index contributed by atoms with van der Waals surface area (Å²) in [5.74, 6) is -0.328. The molecule has 9 nitrogen and oxygen atoms in total. The summed E-state index contributed by atoms with van der Waals surface area (Å²) in [4.78, 5) is 33.0. The van der Waals surface area contributed by atoms with Crippen LogP contribution < -0.4 is 15.4 Å². The van der Waals surface area contributed by atoms with Crippen molar-refractivity contribution < 1.29 is 18.0 Å². The van der Waals surface area contributed by atoms with Gasteiger partial charge in [-0.25, -0.2) is 22.9 Å². The van der Waals surface area contributed by atoms with Crippen LogP contribution in [0.5, 0.6) is 0 Å². The molecule has 2 aromatic rings. The van der Waals surface area contributed by atoms with Crippen molar-refractivity contribution in [2.75, 3.05) is 6.54 Å². The van der Waals surface area contributed by atoms with Gasteiger partial charge in [-0.2, -0.15) is 0 Å². The molecule has 0 aliphatic heterocycles. The Balaban J connectivity index is 1.35. The molecule has 0 atom stereocenters. The monoisotopic (exact) mass is 535 g/mol. The van der Waals surface area contributed by atoms with E-state index in [2.05, 4.69) is 38.0 Å². The fraction of sp³-hybridized carbons (Fsp3) is 0.357. The van der Waals surface area contributed by atoms with Crippen LogP contribution in [0.15, 0.2) is 76.6 Å². The zero-order valence-corrected chi connectivity index (χ0v) is 22.4. The van der Waals surface area contributed by atoms with Gasteiger partial charge in [0.1, 0.15) is 5.69 Å².